The number of halogens is 1. The molecule has 1 heterocycles. The van der Waals surface area contributed by atoms with Crippen molar-refractivity contribution in [3.05, 3.63) is 71.2 Å². The summed E-state index contributed by atoms with van der Waals surface area (Å²) in [5.74, 6) is 1.55. The Bertz CT molecular complexity index is 792. The molecule has 3 rings (SSSR count). The number of benzene rings is 2. The fraction of sp³-hybridized carbons (Fsp3) is 0.118. The summed E-state index contributed by atoms with van der Waals surface area (Å²) in [4.78, 5) is 0. The molecule has 24 heavy (non-hydrogen) atoms. The van der Waals surface area contributed by atoms with Gasteiger partial charge in [0.25, 0.3) is 0 Å². The van der Waals surface area contributed by atoms with Gasteiger partial charge in [-0.1, -0.05) is 34.1 Å². The smallest absolute Gasteiger partial charge is 0.141 e. The SMILES string of the molecule is Brc1ccc(OCCOc2ccccc2)c(/C=N\n2cnnc2)c1. The van der Waals surface area contributed by atoms with Crippen LogP contribution in [-0.2, 0) is 0 Å². The molecule has 0 bridgehead atoms. The van der Waals surface area contributed by atoms with Crippen LogP contribution in [0.5, 0.6) is 11.5 Å². The fourth-order valence-corrected chi connectivity index (χ4v) is 2.34. The molecule has 0 N–H and O–H groups in total. The Morgan fingerprint density at radius 1 is 1.00 bits per heavy atom. The number of hydrogen-bond donors (Lipinski definition) is 0. The molecule has 3 aromatic rings. The molecule has 0 saturated heterocycles. The first-order chi connectivity index (χ1) is 11.8. The zero-order chi connectivity index (χ0) is 16.6. The van der Waals surface area contributed by atoms with Crippen LogP contribution in [-0.4, -0.2) is 34.3 Å². The highest BCUT2D eigenvalue weighted by molar-refractivity contribution is 9.10. The van der Waals surface area contributed by atoms with Crippen LogP contribution in [0.1, 0.15) is 5.56 Å². The molecule has 0 aliphatic rings. The van der Waals surface area contributed by atoms with Gasteiger partial charge in [-0.2, -0.15) is 5.10 Å². The third kappa shape index (κ3) is 4.66. The van der Waals surface area contributed by atoms with Gasteiger partial charge in [-0.05, 0) is 30.3 Å². The van der Waals surface area contributed by atoms with E-state index in [1.54, 1.807) is 6.21 Å². The van der Waals surface area contributed by atoms with Crippen LogP contribution in [0.25, 0.3) is 0 Å². The lowest BCUT2D eigenvalue weighted by Crippen LogP contribution is -2.10. The maximum atomic E-state index is 5.81. The van der Waals surface area contributed by atoms with Gasteiger partial charge in [0.15, 0.2) is 0 Å². The van der Waals surface area contributed by atoms with Crippen molar-refractivity contribution in [2.24, 2.45) is 5.10 Å². The maximum Gasteiger partial charge on any atom is 0.141 e. The fourth-order valence-electron chi connectivity index (χ4n) is 1.96. The molecular formula is C17H15BrN4O2. The lowest BCUT2D eigenvalue weighted by Gasteiger charge is -2.10. The van der Waals surface area contributed by atoms with Gasteiger partial charge in [0.1, 0.15) is 37.4 Å². The van der Waals surface area contributed by atoms with Gasteiger partial charge in [0.05, 0.1) is 6.21 Å². The van der Waals surface area contributed by atoms with Crippen LogP contribution in [0.4, 0.5) is 0 Å². The second kappa shape index (κ2) is 8.26. The van der Waals surface area contributed by atoms with Crippen LogP contribution in [0.15, 0.2) is 70.8 Å². The molecule has 0 aliphatic heterocycles. The van der Waals surface area contributed by atoms with Crippen LogP contribution < -0.4 is 9.47 Å². The normalized spacial score (nSPS) is 10.9. The van der Waals surface area contributed by atoms with Crippen LogP contribution in [0, 0.1) is 0 Å². The van der Waals surface area contributed by atoms with E-state index in [-0.39, 0.29) is 0 Å². The number of rotatable bonds is 7. The monoisotopic (exact) mass is 386 g/mol. The van der Waals surface area contributed by atoms with E-state index in [9.17, 15) is 0 Å². The van der Waals surface area contributed by atoms with E-state index in [0.717, 1.165) is 21.5 Å². The number of ether oxygens (including phenoxy) is 2. The quantitative estimate of drug-likeness (QED) is 0.461. The third-order valence-corrected chi connectivity index (χ3v) is 3.55. The highest BCUT2D eigenvalue weighted by Gasteiger charge is 2.03. The minimum atomic E-state index is 0.435. The third-order valence-electron chi connectivity index (χ3n) is 3.06. The van der Waals surface area contributed by atoms with Crippen molar-refractivity contribution in [2.45, 2.75) is 0 Å². The first-order valence-corrected chi connectivity index (χ1v) is 8.10. The van der Waals surface area contributed by atoms with Crippen molar-refractivity contribution in [3.63, 3.8) is 0 Å². The molecule has 1 aromatic heterocycles. The molecule has 6 nitrogen and oxygen atoms in total. The summed E-state index contributed by atoms with van der Waals surface area (Å²) in [6.07, 6.45) is 4.73. The van der Waals surface area contributed by atoms with Gasteiger partial charge >= 0.3 is 0 Å². The number of hydrogen-bond acceptors (Lipinski definition) is 5. The highest BCUT2D eigenvalue weighted by Crippen LogP contribution is 2.22. The second-order valence-corrected chi connectivity index (χ2v) is 5.69. The van der Waals surface area contributed by atoms with Gasteiger partial charge in [-0.15, -0.1) is 10.2 Å². The summed E-state index contributed by atoms with van der Waals surface area (Å²) in [7, 11) is 0. The molecule has 0 fully saturated rings. The summed E-state index contributed by atoms with van der Waals surface area (Å²) >= 11 is 3.45. The predicted molar refractivity (Wildman–Crippen MR) is 94.6 cm³/mol. The minimum absolute atomic E-state index is 0.435. The van der Waals surface area contributed by atoms with E-state index in [1.807, 2.05) is 48.5 Å². The Hall–Kier alpha value is -2.67. The summed E-state index contributed by atoms with van der Waals surface area (Å²) in [5, 5.41) is 11.7. The molecule has 0 radical (unpaired) electrons. The van der Waals surface area contributed by atoms with Gasteiger partial charge in [-0.25, -0.2) is 4.68 Å². The van der Waals surface area contributed by atoms with Gasteiger partial charge in [0, 0.05) is 10.0 Å². The largest absolute Gasteiger partial charge is 0.490 e. The zero-order valence-electron chi connectivity index (χ0n) is 12.7. The average molecular weight is 387 g/mol. The molecule has 0 atom stereocenters. The standard InChI is InChI=1S/C17H15BrN4O2/c18-15-6-7-17(14(10-15)11-21-22-12-19-20-13-22)24-9-8-23-16-4-2-1-3-5-16/h1-7,10-13H,8-9H2/b21-11-. The lowest BCUT2D eigenvalue weighted by molar-refractivity contribution is 0.217. The second-order valence-electron chi connectivity index (χ2n) is 4.78. The number of nitrogens with zero attached hydrogens (tertiary/aromatic N) is 4. The average Bonchev–Trinajstić information content (AvgIpc) is 3.13. The van der Waals surface area contributed by atoms with E-state index in [0.29, 0.717) is 13.2 Å². The van der Waals surface area contributed by atoms with Crippen molar-refractivity contribution in [1.82, 2.24) is 14.9 Å². The van der Waals surface area contributed by atoms with E-state index < -0.39 is 0 Å². The Kier molecular flexibility index (Phi) is 5.57. The van der Waals surface area contributed by atoms with Crippen molar-refractivity contribution < 1.29 is 9.47 Å². The minimum Gasteiger partial charge on any atom is -0.490 e. The van der Waals surface area contributed by atoms with Crippen molar-refractivity contribution >= 4 is 22.1 Å². The lowest BCUT2D eigenvalue weighted by atomic mass is 10.2. The van der Waals surface area contributed by atoms with E-state index in [2.05, 4.69) is 31.2 Å². The van der Waals surface area contributed by atoms with Crippen molar-refractivity contribution in [1.29, 1.82) is 0 Å². The van der Waals surface area contributed by atoms with E-state index in [1.165, 1.54) is 17.3 Å². The summed E-state index contributed by atoms with van der Waals surface area (Å²) < 4.78 is 13.9. The molecule has 0 spiro atoms. The van der Waals surface area contributed by atoms with E-state index >= 15 is 0 Å². The van der Waals surface area contributed by atoms with Gasteiger partial charge in [-0.3, -0.25) is 0 Å². The Labute approximate surface area is 147 Å². The summed E-state index contributed by atoms with van der Waals surface area (Å²) in [5.41, 5.74) is 0.845. The summed E-state index contributed by atoms with van der Waals surface area (Å²) in [6, 6.07) is 15.4. The summed E-state index contributed by atoms with van der Waals surface area (Å²) in [6.45, 7) is 0.895. The molecule has 0 amide bonds. The highest BCUT2D eigenvalue weighted by atomic mass is 79.9. The van der Waals surface area contributed by atoms with Gasteiger partial charge < -0.3 is 9.47 Å². The Morgan fingerprint density at radius 3 is 2.54 bits per heavy atom. The van der Waals surface area contributed by atoms with Crippen LogP contribution in [0.3, 0.4) is 0 Å². The molecule has 0 saturated carbocycles. The first-order valence-electron chi connectivity index (χ1n) is 7.30. The number of aromatic nitrogens is 3. The van der Waals surface area contributed by atoms with Gasteiger partial charge in [0.2, 0.25) is 0 Å². The Balaban J connectivity index is 1.60. The molecular weight excluding hydrogens is 372 g/mol. The topological polar surface area (TPSA) is 61.5 Å². The molecule has 122 valence electrons. The van der Waals surface area contributed by atoms with Crippen molar-refractivity contribution in [2.75, 3.05) is 13.2 Å². The van der Waals surface area contributed by atoms with E-state index in [4.69, 9.17) is 9.47 Å². The predicted octanol–water partition coefficient (Wildman–Crippen LogP) is 3.38. The first kappa shape index (κ1) is 16.2. The Morgan fingerprint density at radius 2 is 1.75 bits per heavy atom. The van der Waals surface area contributed by atoms with Crippen LogP contribution in [0.2, 0.25) is 0 Å². The molecule has 7 heteroatoms. The van der Waals surface area contributed by atoms with Crippen LogP contribution >= 0.6 is 15.9 Å². The maximum absolute atomic E-state index is 5.81. The number of para-hydroxylation sites is 1. The zero-order valence-corrected chi connectivity index (χ0v) is 14.3. The molecule has 0 aliphatic carbocycles. The van der Waals surface area contributed by atoms with Crippen molar-refractivity contribution in [3.8, 4) is 11.5 Å². The molecule has 2 aromatic carbocycles. The molecule has 0 unspecified atom stereocenters.